The van der Waals surface area contributed by atoms with E-state index in [0.717, 1.165) is 30.6 Å². The topological polar surface area (TPSA) is 26.3 Å². The third-order valence-electron chi connectivity index (χ3n) is 10.4. The molecule has 0 amide bonds. The van der Waals surface area contributed by atoms with E-state index >= 15 is 0 Å². The molecule has 2 nitrogen and oxygen atoms in total. The highest BCUT2D eigenvalue weighted by molar-refractivity contribution is 5.94. The van der Waals surface area contributed by atoms with Gasteiger partial charge in [0.1, 0.15) is 0 Å². The Morgan fingerprint density at radius 3 is 2.50 bits per heavy atom. The maximum absolute atomic E-state index is 13.5. The lowest BCUT2D eigenvalue weighted by atomic mass is 9.46. The second kappa shape index (κ2) is 8.38. The minimum atomic E-state index is 0.232. The van der Waals surface area contributed by atoms with E-state index in [1.54, 1.807) is 0 Å². The second-order valence-corrected chi connectivity index (χ2v) is 12.4. The highest BCUT2D eigenvalue weighted by atomic mass is 16.5. The van der Waals surface area contributed by atoms with Gasteiger partial charge in [0, 0.05) is 13.0 Å². The van der Waals surface area contributed by atoms with Gasteiger partial charge in [-0.2, -0.15) is 0 Å². The molecule has 3 saturated carbocycles. The molecule has 0 unspecified atom stereocenters. The molecule has 4 aliphatic rings. The molecule has 0 N–H and O–H groups in total. The van der Waals surface area contributed by atoms with Gasteiger partial charge in [0.15, 0.2) is 5.78 Å². The van der Waals surface area contributed by atoms with Crippen LogP contribution in [0.2, 0.25) is 0 Å². The SMILES string of the molecule is CO[C@@H]1CC[C@@]2(C)C(=CC(=O)[C@H]3[C@@H]4CC[C@H]([C@H](C)CCCC(C)C)[C@@]4(C)CC[C@@H]32)C1. The van der Waals surface area contributed by atoms with Gasteiger partial charge in [0.05, 0.1) is 6.10 Å². The molecule has 0 saturated heterocycles. The normalized spacial score (nSPS) is 44.3. The lowest BCUT2D eigenvalue weighted by molar-refractivity contribution is -0.135. The second-order valence-electron chi connectivity index (χ2n) is 12.4. The summed E-state index contributed by atoms with van der Waals surface area (Å²) in [5, 5.41) is 0. The molecule has 30 heavy (non-hydrogen) atoms. The van der Waals surface area contributed by atoms with Crippen molar-refractivity contribution in [2.75, 3.05) is 7.11 Å². The van der Waals surface area contributed by atoms with Crippen molar-refractivity contribution in [3.63, 3.8) is 0 Å². The average Bonchev–Trinajstić information content (AvgIpc) is 3.05. The van der Waals surface area contributed by atoms with Crippen LogP contribution in [0.1, 0.15) is 98.8 Å². The van der Waals surface area contributed by atoms with E-state index in [-0.39, 0.29) is 11.3 Å². The van der Waals surface area contributed by atoms with Crippen molar-refractivity contribution in [1.29, 1.82) is 0 Å². The van der Waals surface area contributed by atoms with Crippen LogP contribution in [0.3, 0.4) is 0 Å². The Balaban J connectivity index is 1.54. The first-order valence-electron chi connectivity index (χ1n) is 13.0. The van der Waals surface area contributed by atoms with Gasteiger partial charge in [-0.1, -0.05) is 59.5 Å². The van der Waals surface area contributed by atoms with Gasteiger partial charge < -0.3 is 4.74 Å². The predicted molar refractivity (Wildman–Crippen MR) is 124 cm³/mol. The zero-order valence-corrected chi connectivity index (χ0v) is 20.5. The van der Waals surface area contributed by atoms with Gasteiger partial charge in [-0.3, -0.25) is 4.79 Å². The van der Waals surface area contributed by atoms with E-state index in [9.17, 15) is 4.79 Å². The molecule has 0 spiro atoms. The first-order chi connectivity index (χ1) is 14.2. The molecule has 170 valence electrons. The summed E-state index contributed by atoms with van der Waals surface area (Å²) in [6, 6.07) is 0. The van der Waals surface area contributed by atoms with Gasteiger partial charge in [0.2, 0.25) is 0 Å². The summed E-state index contributed by atoms with van der Waals surface area (Å²) in [6.07, 6.45) is 15.0. The van der Waals surface area contributed by atoms with Gasteiger partial charge in [-0.25, -0.2) is 0 Å². The number of fused-ring (bicyclic) bond motifs is 5. The Morgan fingerprint density at radius 1 is 1.03 bits per heavy atom. The Kier molecular flexibility index (Phi) is 6.30. The summed E-state index contributed by atoms with van der Waals surface area (Å²) >= 11 is 0. The Hall–Kier alpha value is -0.630. The zero-order valence-electron chi connectivity index (χ0n) is 20.5. The Bertz CT molecular complexity index is 678. The molecule has 8 atom stereocenters. The lowest BCUT2D eigenvalue weighted by Crippen LogP contribution is -2.53. The van der Waals surface area contributed by atoms with E-state index in [0.29, 0.717) is 29.1 Å². The number of ether oxygens (including phenoxy) is 1. The van der Waals surface area contributed by atoms with E-state index in [1.807, 2.05) is 7.11 Å². The van der Waals surface area contributed by atoms with Crippen molar-refractivity contribution >= 4 is 5.78 Å². The zero-order chi connectivity index (χ0) is 21.7. The highest BCUT2D eigenvalue weighted by Gasteiger charge is 2.61. The van der Waals surface area contributed by atoms with Gasteiger partial charge in [-0.15, -0.1) is 0 Å². The number of carbonyl (C=O) groups is 1. The van der Waals surface area contributed by atoms with E-state index < -0.39 is 0 Å². The van der Waals surface area contributed by atoms with Crippen LogP contribution in [-0.2, 0) is 9.53 Å². The Morgan fingerprint density at radius 2 is 1.80 bits per heavy atom. The molecule has 3 fully saturated rings. The number of hydrogen-bond acceptors (Lipinski definition) is 2. The fourth-order valence-electron chi connectivity index (χ4n) is 8.59. The molecule has 0 aromatic carbocycles. The standard InChI is InChI=1S/C28H46O2/c1-18(2)8-7-9-19(3)22-10-11-23-26-24(13-15-28(22,23)5)27(4)14-12-21(30-6)16-20(27)17-25(26)29/h17-19,21-24,26H,7-16H2,1-6H3/t19-,21-,22-,23+,24+,26+,27+,28-/m1/s1. The van der Waals surface area contributed by atoms with Gasteiger partial charge in [0.25, 0.3) is 0 Å². The van der Waals surface area contributed by atoms with Crippen LogP contribution in [0.5, 0.6) is 0 Å². The molecule has 2 heteroatoms. The molecular formula is C28H46O2. The number of ketones is 1. The van der Waals surface area contributed by atoms with E-state index in [2.05, 4.69) is 40.7 Å². The van der Waals surface area contributed by atoms with Crippen LogP contribution >= 0.6 is 0 Å². The fourth-order valence-corrected chi connectivity index (χ4v) is 8.59. The molecule has 0 aromatic heterocycles. The van der Waals surface area contributed by atoms with Crippen molar-refractivity contribution in [2.45, 2.75) is 105 Å². The summed E-state index contributed by atoms with van der Waals surface area (Å²) in [4.78, 5) is 13.5. The number of allylic oxidation sites excluding steroid dienone is 1. The van der Waals surface area contributed by atoms with Crippen molar-refractivity contribution in [2.24, 2.45) is 46.3 Å². The average molecular weight is 415 g/mol. The first kappa shape index (κ1) is 22.6. The quantitative estimate of drug-likeness (QED) is 0.458. The van der Waals surface area contributed by atoms with Crippen LogP contribution in [0.25, 0.3) is 0 Å². The first-order valence-corrected chi connectivity index (χ1v) is 13.0. The fraction of sp³-hybridized carbons (Fsp3) is 0.893. The summed E-state index contributed by atoms with van der Waals surface area (Å²) in [7, 11) is 1.83. The van der Waals surface area contributed by atoms with Gasteiger partial charge in [-0.05, 0) is 91.4 Å². The maximum atomic E-state index is 13.5. The maximum Gasteiger partial charge on any atom is 0.159 e. The molecule has 0 aliphatic heterocycles. The summed E-state index contributed by atoms with van der Waals surface area (Å²) in [6.45, 7) is 12.3. The third-order valence-corrected chi connectivity index (χ3v) is 10.4. The molecular weight excluding hydrogens is 368 g/mol. The van der Waals surface area contributed by atoms with Crippen molar-refractivity contribution < 1.29 is 9.53 Å². The number of methoxy groups -OCH3 is 1. The molecule has 0 bridgehead atoms. The monoisotopic (exact) mass is 414 g/mol. The predicted octanol–water partition coefficient (Wildman–Crippen LogP) is 7.22. The number of carbonyl (C=O) groups excluding carboxylic acids is 1. The van der Waals surface area contributed by atoms with Crippen LogP contribution in [0, 0.1) is 46.3 Å². The van der Waals surface area contributed by atoms with Crippen molar-refractivity contribution in [3.05, 3.63) is 11.6 Å². The lowest BCUT2D eigenvalue weighted by Gasteiger charge is -2.57. The van der Waals surface area contributed by atoms with Crippen LogP contribution in [0.4, 0.5) is 0 Å². The minimum Gasteiger partial charge on any atom is -0.381 e. The van der Waals surface area contributed by atoms with Crippen LogP contribution in [-0.4, -0.2) is 19.0 Å². The molecule has 0 heterocycles. The minimum absolute atomic E-state index is 0.232. The van der Waals surface area contributed by atoms with E-state index in [1.165, 1.54) is 56.9 Å². The summed E-state index contributed by atoms with van der Waals surface area (Å²) in [5.41, 5.74) is 2.02. The third kappa shape index (κ3) is 3.63. The largest absolute Gasteiger partial charge is 0.381 e. The smallest absolute Gasteiger partial charge is 0.159 e. The van der Waals surface area contributed by atoms with Crippen molar-refractivity contribution in [1.82, 2.24) is 0 Å². The number of hydrogen-bond donors (Lipinski definition) is 0. The summed E-state index contributed by atoms with van der Waals surface area (Å²) < 4.78 is 5.68. The number of rotatable bonds is 6. The van der Waals surface area contributed by atoms with Gasteiger partial charge >= 0.3 is 0 Å². The molecule has 4 rings (SSSR count). The Labute approximate surface area is 185 Å². The molecule has 0 aromatic rings. The van der Waals surface area contributed by atoms with E-state index in [4.69, 9.17) is 4.74 Å². The van der Waals surface area contributed by atoms with Crippen molar-refractivity contribution in [3.8, 4) is 0 Å². The van der Waals surface area contributed by atoms with Crippen LogP contribution < -0.4 is 0 Å². The highest BCUT2D eigenvalue weighted by Crippen LogP contribution is 2.66. The van der Waals surface area contributed by atoms with Crippen LogP contribution in [0.15, 0.2) is 11.6 Å². The molecule has 4 aliphatic carbocycles. The summed E-state index contributed by atoms with van der Waals surface area (Å²) in [5.74, 6) is 4.35. The molecule has 0 radical (unpaired) electrons.